The van der Waals surface area contributed by atoms with Gasteiger partial charge in [0.05, 0.1) is 11.2 Å². The zero-order valence-corrected chi connectivity index (χ0v) is 19.8. The van der Waals surface area contributed by atoms with Crippen molar-refractivity contribution in [3.8, 4) is 5.69 Å². The van der Waals surface area contributed by atoms with E-state index in [4.69, 9.17) is 0 Å². The Morgan fingerprint density at radius 2 is 1.84 bits per heavy atom. The summed E-state index contributed by atoms with van der Waals surface area (Å²) >= 11 is 2.01. The monoisotopic (exact) mass is 446 g/mol. The van der Waals surface area contributed by atoms with Gasteiger partial charge in [0.1, 0.15) is 0 Å². The Labute approximate surface area is 193 Å². The molecule has 4 aromatic rings. The summed E-state index contributed by atoms with van der Waals surface area (Å²) in [5.41, 5.74) is 7.10. The van der Waals surface area contributed by atoms with E-state index in [1.54, 1.807) is 0 Å². The number of H-pyrrole nitrogens is 1. The van der Waals surface area contributed by atoms with Gasteiger partial charge in [-0.05, 0) is 84.7 Å². The van der Waals surface area contributed by atoms with Gasteiger partial charge in [0, 0.05) is 23.6 Å². The zero-order chi connectivity index (χ0) is 22.1. The minimum atomic E-state index is -0.218. The Hall–Kier alpha value is -2.64. The molecule has 0 aliphatic carbocycles. The number of benzene rings is 2. The Kier molecular flexibility index (Phi) is 5.78. The molecule has 2 aromatic carbocycles. The summed E-state index contributed by atoms with van der Waals surface area (Å²) in [4.78, 5) is 3.39. The molecule has 0 bridgehead atoms. The number of nitrogens with one attached hydrogen (secondary N) is 2. The van der Waals surface area contributed by atoms with Gasteiger partial charge in [0.15, 0.2) is 5.82 Å². The molecule has 1 aliphatic heterocycles. The van der Waals surface area contributed by atoms with Crippen LogP contribution in [0.15, 0.2) is 42.6 Å². The van der Waals surface area contributed by atoms with E-state index < -0.39 is 0 Å². The van der Waals surface area contributed by atoms with Crippen molar-refractivity contribution in [2.24, 2.45) is 0 Å². The first-order valence-electron chi connectivity index (χ1n) is 11.3. The van der Waals surface area contributed by atoms with Crippen molar-refractivity contribution in [1.29, 1.82) is 0 Å². The Balaban J connectivity index is 1.45. The molecule has 32 heavy (non-hydrogen) atoms. The third-order valence-electron chi connectivity index (χ3n) is 6.62. The number of rotatable bonds is 6. The molecule has 0 saturated carbocycles. The zero-order valence-electron chi connectivity index (χ0n) is 19.0. The highest BCUT2D eigenvalue weighted by molar-refractivity contribution is 7.99. The minimum absolute atomic E-state index is 0.218. The molecule has 0 radical (unpaired) electrons. The Morgan fingerprint density at radius 3 is 2.62 bits per heavy atom. The van der Waals surface area contributed by atoms with E-state index in [9.17, 15) is 0 Å². The van der Waals surface area contributed by atoms with Crippen molar-refractivity contribution in [3.63, 3.8) is 0 Å². The van der Waals surface area contributed by atoms with Gasteiger partial charge in [0.25, 0.3) is 0 Å². The minimum Gasteiger partial charge on any atom is -0.361 e. The van der Waals surface area contributed by atoms with E-state index in [1.165, 1.54) is 33.2 Å². The summed E-state index contributed by atoms with van der Waals surface area (Å²) in [7, 11) is 0. The maximum Gasteiger partial charge on any atom is 0.176 e. The second-order valence-electron chi connectivity index (χ2n) is 8.89. The number of aromatic nitrogens is 5. The van der Waals surface area contributed by atoms with Crippen LogP contribution in [0.25, 0.3) is 16.6 Å². The molecule has 0 spiro atoms. The lowest BCUT2D eigenvalue weighted by Gasteiger charge is -2.37. The largest absolute Gasteiger partial charge is 0.361 e. The van der Waals surface area contributed by atoms with Crippen LogP contribution < -0.4 is 5.32 Å². The molecule has 166 valence electrons. The lowest BCUT2D eigenvalue weighted by molar-refractivity contribution is 0.285. The van der Waals surface area contributed by atoms with Crippen LogP contribution in [-0.4, -0.2) is 43.2 Å². The van der Waals surface area contributed by atoms with Crippen LogP contribution >= 0.6 is 11.8 Å². The average molecular weight is 447 g/mol. The van der Waals surface area contributed by atoms with E-state index in [-0.39, 0.29) is 5.54 Å². The van der Waals surface area contributed by atoms with E-state index in [0.29, 0.717) is 0 Å². The van der Waals surface area contributed by atoms with Crippen LogP contribution in [0, 0.1) is 20.8 Å². The molecular formula is C25H30N6S. The van der Waals surface area contributed by atoms with E-state index in [0.717, 1.165) is 48.8 Å². The maximum atomic E-state index is 4.58. The highest BCUT2D eigenvalue weighted by Crippen LogP contribution is 2.36. The third kappa shape index (κ3) is 3.84. The lowest BCUT2D eigenvalue weighted by Crippen LogP contribution is -2.48. The quantitative estimate of drug-likeness (QED) is 0.452. The number of aromatic amines is 1. The molecule has 2 aromatic heterocycles. The standard InChI is InChI=1S/C25H30N6S/c1-17-14-18(2)23(19(3)15-17)31-24(28-29-30-31)25(9-12-32-13-10-25)27-11-8-20-16-26-22-7-5-4-6-21(20)22/h4-7,14-16,26-27H,8-13H2,1-3H3. The Morgan fingerprint density at radius 1 is 1.09 bits per heavy atom. The number of thioether (sulfide) groups is 1. The molecule has 1 saturated heterocycles. The van der Waals surface area contributed by atoms with Crippen molar-refractivity contribution in [3.05, 3.63) is 70.7 Å². The number of nitrogens with zero attached hydrogens (tertiary/aromatic N) is 4. The summed E-state index contributed by atoms with van der Waals surface area (Å²) in [6.45, 7) is 7.31. The van der Waals surface area contributed by atoms with Crippen LogP contribution in [0.2, 0.25) is 0 Å². The van der Waals surface area contributed by atoms with Crippen molar-refractivity contribution in [1.82, 2.24) is 30.5 Å². The lowest BCUT2D eigenvalue weighted by atomic mass is 9.90. The Bertz CT molecular complexity index is 1210. The molecule has 7 heteroatoms. The second-order valence-corrected chi connectivity index (χ2v) is 10.1. The van der Waals surface area contributed by atoms with Crippen LogP contribution in [0.1, 0.15) is 40.9 Å². The fraction of sp³-hybridized carbons (Fsp3) is 0.400. The summed E-state index contributed by atoms with van der Waals surface area (Å²) < 4.78 is 1.98. The van der Waals surface area contributed by atoms with Crippen molar-refractivity contribution in [2.45, 2.75) is 45.6 Å². The molecule has 5 rings (SSSR count). The van der Waals surface area contributed by atoms with Gasteiger partial charge in [-0.3, -0.25) is 0 Å². The predicted molar refractivity (Wildman–Crippen MR) is 132 cm³/mol. The number of tetrazole rings is 1. The van der Waals surface area contributed by atoms with Crippen LogP contribution in [-0.2, 0) is 12.0 Å². The van der Waals surface area contributed by atoms with Crippen LogP contribution in [0.4, 0.5) is 0 Å². The number of fused-ring (bicyclic) bond motifs is 1. The van der Waals surface area contributed by atoms with Crippen molar-refractivity contribution >= 4 is 22.7 Å². The molecule has 2 N–H and O–H groups in total. The first-order chi connectivity index (χ1) is 15.6. The highest BCUT2D eigenvalue weighted by atomic mass is 32.2. The van der Waals surface area contributed by atoms with Gasteiger partial charge in [-0.2, -0.15) is 16.4 Å². The summed E-state index contributed by atoms with van der Waals surface area (Å²) in [5, 5.41) is 18.4. The first-order valence-corrected chi connectivity index (χ1v) is 12.5. The third-order valence-corrected chi connectivity index (χ3v) is 7.61. The fourth-order valence-corrected chi connectivity index (χ4v) is 6.31. The maximum absolute atomic E-state index is 4.58. The molecule has 3 heterocycles. The number of aryl methyl sites for hydroxylation is 3. The average Bonchev–Trinajstić information content (AvgIpc) is 3.42. The molecule has 0 atom stereocenters. The smallest absolute Gasteiger partial charge is 0.176 e. The van der Waals surface area contributed by atoms with Gasteiger partial charge >= 0.3 is 0 Å². The summed E-state index contributed by atoms with van der Waals surface area (Å²) in [6, 6.07) is 12.9. The molecular weight excluding hydrogens is 416 g/mol. The number of para-hydroxylation sites is 1. The summed E-state index contributed by atoms with van der Waals surface area (Å²) in [6.07, 6.45) is 5.15. The van der Waals surface area contributed by atoms with Gasteiger partial charge < -0.3 is 10.3 Å². The van der Waals surface area contributed by atoms with Crippen LogP contribution in [0.3, 0.4) is 0 Å². The molecule has 0 amide bonds. The highest BCUT2D eigenvalue weighted by Gasteiger charge is 2.39. The molecule has 1 aliphatic rings. The van der Waals surface area contributed by atoms with Gasteiger partial charge in [-0.25, -0.2) is 0 Å². The van der Waals surface area contributed by atoms with E-state index >= 15 is 0 Å². The number of hydrogen-bond acceptors (Lipinski definition) is 5. The number of hydrogen-bond donors (Lipinski definition) is 2. The molecule has 6 nitrogen and oxygen atoms in total. The van der Waals surface area contributed by atoms with Crippen molar-refractivity contribution < 1.29 is 0 Å². The second kappa shape index (κ2) is 8.71. The van der Waals surface area contributed by atoms with E-state index in [1.807, 2.05) is 16.4 Å². The van der Waals surface area contributed by atoms with Gasteiger partial charge in [0.2, 0.25) is 0 Å². The van der Waals surface area contributed by atoms with Crippen molar-refractivity contribution in [2.75, 3.05) is 18.1 Å². The van der Waals surface area contributed by atoms with E-state index in [2.05, 4.69) is 89.2 Å². The first kappa shape index (κ1) is 21.2. The predicted octanol–water partition coefficient (Wildman–Crippen LogP) is 4.62. The molecule has 1 fully saturated rings. The summed E-state index contributed by atoms with van der Waals surface area (Å²) in [5.74, 6) is 3.16. The van der Waals surface area contributed by atoms with Crippen LogP contribution in [0.5, 0.6) is 0 Å². The van der Waals surface area contributed by atoms with Gasteiger partial charge in [-0.15, -0.1) is 5.10 Å². The normalized spacial score (nSPS) is 16.0. The topological polar surface area (TPSA) is 71.4 Å². The molecule has 0 unspecified atom stereocenters. The van der Waals surface area contributed by atoms with Gasteiger partial charge in [-0.1, -0.05) is 35.9 Å². The SMILES string of the molecule is Cc1cc(C)c(-n2nnnc2C2(NCCc3c[nH]c4ccccc34)CCSCC2)c(C)c1. The fourth-order valence-electron chi connectivity index (χ4n) is 5.12.